The van der Waals surface area contributed by atoms with E-state index in [9.17, 15) is 18.4 Å². The van der Waals surface area contributed by atoms with Gasteiger partial charge in [0, 0.05) is 36.8 Å². The number of fused-ring (bicyclic) bond motifs is 1. The van der Waals surface area contributed by atoms with E-state index in [0.29, 0.717) is 22.4 Å². The van der Waals surface area contributed by atoms with Gasteiger partial charge in [0.2, 0.25) is 12.8 Å². The monoisotopic (exact) mass is 549 g/mol. The van der Waals surface area contributed by atoms with Gasteiger partial charge in [-0.15, -0.1) is 0 Å². The maximum absolute atomic E-state index is 13.0. The van der Waals surface area contributed by atoms with E-state index >= 15 is 0 Å². The standard InChI is InChI=1S/C27H33ClN2O2.C2H7N.CH2F2/c1-18(21-7-9-24-19(2)25(24)15-21)27(32)30-13-10-20(11-14-30)5-3-4-12-29-23-8-6-22(17-31)26(28)16-23;1-3-2;2-1-3/h6-9,15-20,29H,3-5,10-14H2,1-2H3;3H,1-2H3;1H2. The topological polar surface area (TPSA) is 61.4 Å². The van der Waals surface area contributed by atoms with Crippen LogP contribution in [-0.2, 0) is 4.79 Å². The van der Waals surface area contributed by atoms with Gasteiger partial charge in [-0.1, -0.05) is 49.6 Å². The van der Waals surface area contributed by atoms with Crippen molar-refractivity contribution in [2.45, 2.75) is 57.8 Å². The first kappa shape index (κ1) is 31.7. The van der Waals surface area contributed by atoms with E-state index in [-0.39, 0.29) is 11.8 Å². The zero-order chi connectivity index (χ0) is 28.1. The van der Waals surface area contributed by atoms with Crippen LogP contribution in [0.3, 0.4) is 0 Å². The number of hydrogen-bond donors (Lipinski definition) is 2. The number of likely N-dealkylation sites (tertiary alicyclic amines) is 1. The SMILES string of the molecule is CC(C(=O)N1CCC(CCCCNc2ccc(C=O)c(Cl)c2)CC1)c1ccc2c(c1)C2C.CNC.FCF. The molecule has 38 heavy (non-hydrogen) atoms. The predicted octanol–water partition coefficient (Wildman–Crippen LogP) is 6.96. The summed E-state index contributed by atoms with van der Waals surface area (Å²) in [6.45, 7) is 5.19. The Hall–Kier alpha value is -2.51. The van der Waals surface area contributed by atoms with Crippen LogP contribution in [0, 0.1) is 5.92 Å². The largest absolute Gasteiger partial charge is 0.385 e. The van der Waals surface area contributed by atoms with Crippen molar-refractivity contribution < 1.29 is 18.4 Å². The molecule has 2 aliphatic rings. The third-order valence-corrected chi connectivity index (χ3v) is 7.58. The number of alkyl halides is 2. The number of unbranched alkanes of at least 4 members (excludes halogenated alkanes) is 1. The molecule has 1 saturated heterocycles. The Bertz CT molecular complexity index is 1030. The van der Waals surface area contributed by atoms with Crippen LogP contribution in [0.2, 0.25) is 5.02 Å². The van der Waals surface area contributed by atoms with Crippen molar-refractivity contribution in [1.82, 2.24) is 10.2 Å². The molecule has 210 valence electrons. The van der Waals surface area contributed by atoms with Gasteiger partial charge in [0.15, 0.2) is 6.29 Å². The summed E-state index contributed by atoms with van der Waals surface area (Å²) < 4.78 is 19.2. The first-order valence-electron chi connectivity index (χ1n) is 13.4. The molecule has 2 unspecified atom stereocenters. The molecule has 4 rings (SSSR count). The molecular formula is C30H42ClF2N3O2. The zero-order valence-electron chi connectivity index (χ0n) is 23.0. The van der Waals surface area contributed by atoms with Gasteiger partial charge in [0.25, 0.3) is 0 Å². The lowest BCUT2D eigenvalue weighted by atomic mass is 9.90. The minimum Gasteiger partial charge on any atom is -0.385 e. The summed E-state index contributed by atoms with van der Waals surface area (Å²) in [5, 5.41) is 6.62. The molecule has 1 amide bonds. The van der Waals surface area contributed by atoms with Crippen LogP contribution in [0.15, 0.2) is 36.4 Å². The number of aldehydes is 1. The normalized spacial score (nSPS) is 16.7. The van der Waals surface area contributed by atoms with Gasteiger partial charge in [-0.25, -0.2) is 8.78 Å². The fourth-order valence-corrected chi connectivity index (χ4v) is 5.12. The summed E-state index contributed by atoms with van der Waals surface area (Å²) in [5.41, 5.74) is 5.48. The van der Waals surface area contributed by atoms with Crippen LogP contribution in [0.1, 0.15) is 84.8 Å². The molecule has 2 aromatic carbocycles. The number of hydrogen-bond acceptors (Lipinski definition) is 4. The van der Waals surface area contributed by atoms with Crippen LogP contribution in [0.4, 0.5) is 14.5 Å². The molecule has 0 aromatic heterocycles. The molecule has 8 heteroatoms. The lowest BCUT2D eigenvalue weighted by Gasteiger charge is -2.33. The number of carbonyl (C=O) groups excluding carboxylic acids is 2. The number of anilines is 1. The van der Waals surface area contributed by atoms with Gasteiger partial charge in [0.05, 0.1) is 10.9 Å². The molecule has 0 bridgehead atoms. The van der Waals surface area contributed by atoms with E-state index in [2.05, 4.69) is 47.6 Å². The van der Waals surface area contributed by atoms with Crippen molar-refractivity contribution in [2.75, 3.05) is 46.0 Å². The van der Waals surface area contributed by atoms with Crippen LogP contribution in [0.25, 0.3) is 0 Å². The summed E-state index contributed by atoms with van der Waals surface area (Å²) in [5.74, 6) is 1.52. The zero-order valence-corrected chi connectivity index (χ0v) is 23.8. The third-order valence-electron chi connectivity index (χ3n) is 7.25. The van der Waals surface area contributed by atoms with Crippen molar-refractivity contribution in [3.8, 4) is 0 Å². The van der Waals surface area contributed by atoms with Crippen molar-refractivity contribution >= 4 is 29.5 Å². The Morgan fingerprint density at radius 2 is 1.76 bits per heavy atom. The molecule has 2 atom stereocenters. The number of piperidine rings is 1. The van der Waals surface area contributed by atoms with E-state index in [0.717, 1.165) is 56.4 Å². The van der Waals surface area contributed by atoms with Gasteiger partial charge in [-0.2, -0.15) is 0 Å². The van der Waals surface area contributed by atoms with Crippen molar-refractivity contribution in [3.63, 3.8) is 0 Å². The number of carbonyl (C=O) groups is 2. The first-order chi connectivity index (χ1) is 18.3. The average Bonchev–Trinajstić information content (AvgIpc) is 3.57. The summed E-state index contributed by atoms with van der Waals surface area (Å²) in [4.78, 5) is 25.9. The Balaban J connectivity index is 0.000000773. The van der Waals surface area contributed by atoms with Crippen molar-refractivity contribution in [3.05, 3.63) is 63.7 Å². The highest BCUT2D eigenvalue weighted by Crippen LogP contribution is 2.44. The highest BCUT2D eigenvalue weighted by atomic mass is 35.5. The molecule has 1 fully saturated rings. The van der Waals surface area contributed by atoms with Gasteiger partial charge in [0.1, 0.15) is 0 Å². The fourth-order valence-electron chi connectivity index (χ4n) is 4.90. The number of nitrogens with zero attached hydrogens (tertiary/aromatic N) is 1. The highest BCUT2D eigenvalue weighted by molar-refractivity contribution is 6.33. The molecule has 2 N–H and O–H groups in total. The van der Waals surface area contributed by atoms with E-state index < -0.39 is 6.93 Å². The minimum atomic E-state index is -1.75. The quantitative estimate of drug-likeness (QED) is 0.262. The summed E-state index contributed by atoms with van der Waals surface area (Å²) in [7, 11) is 3.75. The summed E-state index contributed by atoms with van der Waals surface area (Å²) in [6.07, 6.45) is 6.48. The number of halogens is 3. The average molecular weight is 550 g/mol. The van der Waals surface area contributed by atoms with Crippen molar-refractivity contribution in [1.29, 1.82) is 0 Å². The summed E-state index contributed by atoms with van der Waals surface area (Å²) in [6, 6.07) is 12.0. The fraction of sp³-hybridized carbons (Fsp3) is 0.533. The van der Waals surface area contributed by atoms with Crippen molar-refractivity contribution in [2.24, 2.45) is 5.92 Å². The Kier molecular flexibility index (Phi) is 13.7. The highest BCUT2D eigenvalue weighted by Gasteiger charge is 2.31. The molecule has 1 aliphatic heterocycles. The molecule has 2 aromatic rings. The Labute approximate surface area is 231 Å². The van der Waals surface area contributed by atoms with Gasteiger partial charge in [-0.05, 0) is 81.1 Å². The molecule has 1 aliphatic carbocycles. The lowest BCUT2D eigenvalue weighted by molar-refractivity contribution is -0.133. The van der Waals surface area contributed by atoms with Crippen LogP contribution >= 0.6 is 11.6 Å². The molecule has 0 saturated carbocycles. The second-order valence-corrected chi connectivity index (χ2v) is 10.4. The number of rotatable bonds is 9. The van der Waals surface area contributed by atoms with Crippen LogP contribution in [-0.4, -0.2) is 57.8 Å². The van der Waals surface area contributed by atoms with E-state index in [1.165, 1.54) is 24.0 Å². The van der Waals surface area contributed by atoms with Gasteiger partial charge >= 0.3 is 0 Å². The number of benzene rings is 2. The first-order valence-corrected chi connectivity index (χ1v) is 13.8. The smallest absolute Gasteiger partial charge is 0.229 e. The van der Waals surface area contributed by atoms with E-state index in [1.54, 1.807) is 12.1 Å². The molecule has 0 spiro atoms. The maximum atomic E-state index is 13.0. The van der Waals surface area contributed by atoms with Gasteiger partial charge in [-0.3, -0.25) is 9.59 Å². The third kappa shape index (κ3) is 9.35. The molecule has 1 heterocycles. The molecule has 5 nitrogen and oxygen atoms in total. The Morgan fingerprint density at radius 3 is 2.34 bits per heavy atom. The second-order valence-electron chi connectivity index (χ2n) is 9.98. The summed E-state index contributed by atoms with van der Waals surface area (Å²) >= 11 is 6.08. The Morgan fingerprint density at radius 1 is 1.11 bits per heavy atom. The number of nitrogens with one attached hydrogen (secondary N) is 2. The predicted molar refractivity (Wildman–Crippen MR) is 153 cm³/mol. The van der Waals surface area contributed by atoms with Crippen LogP contribution in [0.5, 0.6) is 0 Å². The van der Waals surface area contributed by atoms with Gasteiger partial charge < -0.3 is 15.5 Å². The second kappa shape index (κ2) is 16.5. The van der Waals surface area contributed by atoms with E-state index in [4.69, 9.17) is 11.6 Å². The lowest BCUT2D eigenvalue weighted by Crippen LogP contribution is -2.40. The minimum absolute atomic E-state index is 0.0511. The van der Waals surface area contributed by atoms with Crippen LogP contribution < -0.4 is 10.6 Å². The maximum Gasteiger partial charge on any atom is 0.229 e. The molecular weight excluding hydrogens is 508 g/mol. The molecule has 0 radical (unpaired) electrons. The van der Waals surface area contributed by atoms with E-state index in [1.807, 2.05) is 20.2 Å². The number of amides is 1.